The fraction of sp³-hybridized carbons (Fsp3) is 0.600. The summed E-state index contributed by atoms with van der Waals surface area (Å²) < 4.78 is 10.8. The first-order valence-corrected chi connectivity index (χ1v) is 9.27. The quantitative estimate of drug-likeness (QED) is 0.874. The molecule has 2 atom stereocenters. The molecule has 2 rings (SSSR count). The Morgan fingerprint density at radius 1 is 1.22 bits per heavy atom. The summed E-state index contributed by atoms with van der Waals surface area (Å²) in [5.41, 5.74) is 0.413. The van der Waals surface area contributed by atoms with E-state index in [0.29, 0.717) is 19.5 Å². The van der Waals surface area contributed by atoms with Crippen LogP contribution in [-0.2, 0) is 16.1 Å². The lowest BCUT2D eigenvalue weighted by molar-refractivity contribution is 0.0366. The van der Waals surface area contributed by atoms with Gasteiger partial charge in [-0.15, -0.1) is 0 Å². The molecule has 7 heteroatoms. The van der Waals surface area contributed by atoms with Crippen LogP contribution in [0.15, 0.2) is 30.3 Å². The van der Waals surface area contributed by atoms with Crippen LogP contribution in [0, 0.1) is 0 Å². The highest BCUT2D eigenvalue weighted by Gasteiger charge is 2.35. The van der Waals surface area contributed by atoms with Crippen LogP contribution < -0.4 is 5.32 Å². The van der Waals surface area contributed by atoms with Crippen molar-refractivity contribution in [3.63, 3.8) is 0 Å². The topological polar surface area (TPSA) is 71.1 Å². The third-order valence-corrected chi connectivity index (χ3v) is 4.41. The average molecular weight is 377 g/mol. The van der Waals surface area contributed by atoms with Crippen LogP contribution in [-0.4, -0.2) is 66.9 Å². The van der Waals surface area contributed by atoms with Gasteiger partial charge in [0.2, 0.25) is 0 Å². The highest BCUT2D eigenvalue weighted by molar-refractivity contribution is 5.69. The molecule has 1 fully saturated rings. The maximum atomic E-state index is 12.4. The smallest absolute Gasteiger partial charge is 0.410 e. The largest absolute Gasteiger partial charge is 0.445 e. The zero-order valence-electron chi connectivity index (χ0n) is 16.9. The maximum Gasteiger partial charge on any atom is 0.410 e. The summed E-state index contributed by atoms with van der Waals surface area (Å²) in [4.78, 5) is 28.2. The first-order chi connectivity index (χ1) is 12.7. The Morgan fingerprint density at radius 3 is 2.48 bits per heavy atom. The lowest BCUT2D eigenvalue weighted by Crippen LogP contribution is -2.60. The third-order valence-electron chi connectivity index (χ3n) is 4.41. The van der Waals surface area contributed by atoms with Crippen LogP contribution in [0.2, 0.25) is 0 Å². The monoisotopic (exact) mass is 377 g/mol. The molecule has 1 N–H and O–H groups in total. The predicted octanol–water partition coefficient (Wildman–Crippen LogP) is 2.85. The van der Waals surface area contributed by atoms with Gasteiger partial charge in [-0.3, -0.25) is 0 Å². The number of benzene rings is 1. The van der Waals surface area contributed by atoms with E-state index in [-0.39, 0.29) is 24.8 Å². The van der Waals surface area contributed by atoms with Gasteiger partial charge < -0.3 is 24.6 Å². The van der Waals surface area contributed by atoms with Crippen LogP contribution in [0.5, 0.6) is 0 Å². The number of ether oxygens (including phenoxy) is 2. The normalized spacial score (nSPS) is 20.3. The Hall–Kier alpha value is -2.28. The van der Waals surface area contributed by atoms with Gasteiger partial charge in [0.15, 0.2) is 0 Å². The summed E-state index contributed by atoms with van der Waals surface area (Å²) in [5, 5.41) is 2.94. The molecule has 27 heavy (non-hydrogen) atoms. The number of nitrogens with zero attached hydrogens (tertiary/aromatic N) is 2. The van der Waals surface area contributed by atoms with Crippen LogP contribution >= 0.6 is 0 Å². The van der Waals surface area contributed by atoms with E-state index in [0.717, 1.165) is 5.56 Å². The Balaban J connectivity index is 1.90. The van der Waals surface area contributed by atoms with Gasteiger partial charge in [-0.25, -0.2) is 9.59 Å². The molecule has 0 bridgehead atoms. The number of nitrogens with one attached hydrogen (secondary N) is 1. The van der Waals surface area contributed by atoms with E-state index in [1.165, 1.54) is 0 Å². The molecule has 1 aromatic rings. The molecular weight excluding hydrogens is 346 g/mol. The van der Waals surface area contributed by atoms with E-state index in [4.69, 9.17) is 9.47 Å². The van der Waals surface area contributed by atoms with Gasteiger partial charge in [0, 0.05) is 19.1 Å². The molecule has 150 valence electrons. The summed E-state index contributed by atoms with van der Waals surface area (Å²) in [6, 6.07) is 9.50. The number of likely N-dealkylation sites (N-methyl/N-ethyl adjacent to an activating group) is 1. The first kappa shape index (κ1) is 21.0. The Morgan fingerprint density at radius 2 is 1.89 bits per heavy atom. The highest BCUT2D eigenvalue weighted by Crippen LogP contribution is 2.17. The van der Waals surface area contributed by atoms with E-state index in [2.05, 4.69) is 5.32 Å². The molecule has 0 saturated carbocycles. The number of alkyl carbamates (subject to hydrolysis) is 1. The van der Waals surface area contributed by atoms with Crippen LogP contribution in [0.25, 0.3) is 0 Å². The SMILES string of the molecule is CN(C)[C@H]1CN(C(=O)OCc2ccccc2)CC[C@@H]1NC(=O)OC(C)(C)C. The number of hydrogen-bond donors (Lipinski definition) is 1. The van der Waals surface area contributed by atoms with Crippen molar-refractivity contribution < 1.29 is 19.1 Å². The van der Waals surface area contributed by atoms with Crippen LogP contribution in [0.3, 0.4) is 0 Å². The number of rotatable bonds is 4. The molecule has 2 amide bonds. The van der Waals surface area contributed by atoms with Crippen molar-refractivity contribution >= 4 is 12.2 Å². The minimum Gasteiger partial charge on any atom is -0.445 e. The fourth-order valence-corrected chi connectivity index (χ4v) is 3.06. The highest BCUT2D eigenvalue weighted by atomic mass is 16.6. The lowest BCUT2D eigenvalue weighted by atomic mass is 9.99. The minimum atomic E-state index is -0.542. The zero-order chi connectivity index (χ0) is 20.0. The van der Waals surface area contributed by atoms with E-state index >= 15 is 0 Å². The molecule has 0 aromatic heterocycles. The van der Waals surface area contributed by atoms with Crippen LogP contribution in [0.1, 0.15) is 32.8 Å². The summed E-state index contributed by atoms with van der Waals surface area (Å²) in [7, 11) is 3.88. The minimum absolute atomic E-state index is 0.0180. The lowest BCUT2D eigenvalue weighted by Gasteiger charge is -2.41. The molecular formula is C20H31N3O4. The number of piperidine rings is 1. The van der Waals surface area contributed by atoms with Gasteiger partial charge in [-0.05, 0) is 46.9 Å². The molecule has 1 saturated heterocycles. The second kappa shape index (κ2) is 9.08. The Kier molecular flexibility index (Phi) is 7.07. The fourth-order valence-electron chi connectivity index (χ4n) is 3.06. The van der Waals surface area contributed by atoms with E-state index in [1.54, 1.807) is 4.90 Å². The molecule has 0 spiro atoms. The van der Waals surface area contributed by atoms with E-state index < -0.39 is 11.7 Å². The van der Waals surface area contributed by atoms with E-state index in [9.17, 15) is 9.59 Å². The van der Waals surface area contributed by atoms with Gasteiger partial charge in [0.05, 0.1) is 6.04 Å². The number of likely N-dealkylation sites (tertiary alicyclic amines) is 1. The van der Waals surface area contributed by atoms with Gasteiger partial charge in [-0.1, -0.05) is 30.3 Å². The molecule has 1 aromatic carbocycles. The van der Waals surface area contributed by atoms with Crippen molar-refractivity contribution in [1.29, 1.82) is 0 Å². The Bertz CT molecular complexity index is 628. The Labute approximate surface area is 161 Å². The molecule has 1 heterocycles. The summed E-state index contributed by atoms with van der Waals surface area (Å²) in [5.74, 6) is 0. The summed E-state index contributed by atoms with van der Waals surface area (Å²) in [6.45, 7) is 6.77. The zero-order valence-corrected chi connectivity index (χ0v) is 16.9. The van der Waals surface area contributed by atoms with Gasteiger partial charge in [-0.2, -0.15) is 0 Å². The van der Waals surface area contributed by atoms with Crippen molar-refractivity contribution in [3.05, 3.63) is 35.9 Å². The molecule has 1 aliphatic rings. The van der Waals surface area contributed by atoms with E-state index in [1.807, 2.05) is 70.1 Å². The second-order valence-corrected chi connectivity index (χ2v) is 8.06. The molecule has 1 aliphatic heterocycles. The second-order valence-electron chi connectivity index (χ2n) is 8.06. The molecule has 0 radical (unpaired) electrons. The van der Waals surface area contributed by atoms with Crippen LogP contribution in [0.4, 0.5) is 9.59 Å². The molecule has 0 aliphatic carbocycles. The summed E-state index contributed by atoms with van der Waals surface area (Å²) in [6.07, 6.45) is -0.122. The van der Waals surface area contributed by atoms with Gasteiger partial charge in [0.25, 0.3) is 0 Å². The number of carbonyl (C=O) groups is 2. The standard InChI is InChI=1S/C20H31N3O4/c1-20(2,3)27-18(24)21-16-11-12-23(13-17(16)22(4)5)19(25)26-14-15-9-7-6-8-10-15/h6-10,16-17H,11-14H2,1-5H3,(H,21,24)/t16-,17-/m0/s1. The van der Waals surface area contributed by atoms with Crippen molar-refractivity contribution in [2.24, 2.45) is 0 Å². The maximum absolute atomic E-state index is 12.4. The number of hydrogen-bond acceptors (Lipinski definition) is 5. The first-order valence-electron chi connectivity index (χ1n) is 9.27. The van der Waals surface area contributed by atoms with Crippen molar-refractivity contribution in [2.75, 3.05) is 27.2 Å². The average Bonchev–Trinajstić information content (AvgIpc) is 2.59. The third kappa shape index (κ3) is 6.75. The predicted molar refractivity (Wildman–Crippen MR) is 103 cm³/mol. The van der Waals surface area contributed by atoms with Crippen molar-refractivity contribution in [1.82, 2.24) is 15.1 Å². The van der Waals surface area contributed by atoms with Crippen molar-refractivity contribution in [3.8, 4) is 0 Å². The summed E-state index contributed by atoms with van der Waals surface area (Å²) >= 11 is 0. The van der Waals surface area contributed by atoms with Gasteiger partial charge >= 0.3 is 12.2 Å². The number of carbonyl (C=O) groups excluding carboxylic acids is 2. The van der Waals surface area contributed by atoms with Gasteiger partial charge in [0.1, 0.15) is 12.2 Å². The molecule has 7 nitrogen and oxygen atoms in total. The van der Waals surface area contributed by atoms with Crippen molar-refractivity contribution in [2.45, 2.75) is 51.5 Å². The number of amides is 2. The molecule has 0 unspecified atom stereocenters.